The molecule has 6 heteroatoms. The third kappa shape index (κ3) is 4.45. The van der Waals surface area contributed by atoms with E-state index in [4.69, 9.17) is 8.94 Å². The summed E-state index contributed by atoms with van der Waals surface area (Å²) in [5.41, 5.74) is 1.75. The molecule has 1 aliphatic rings. The Hall–Kier alpha value is -2.89. The van der Waals surface area contributed by atoms with Gasteiger partial charge in [0.25, 0.3) is 0 Å². The number of anilines is 1. The van der Waals surface area contributed by atoms with Gasteiger partial charge in [0.2, 0.25) is 17.6 Å². The Labute approximate surface area is 158 Å². The smallest absolute Gasteiger partial charge is 0.238 e. The molecule has 1 fully saturated rings. The highest BCUT2D eigenvalue weighted by Crippen LogP contribution is 2.27. The lowest BCUT2D eigenvalue weighted by atomic mass is 9.87. The van der Waals surface area contributed by atoms with Crippen LogP contribution in [0.15, 0.2) is 51.6 Å². The summed E-state index contributed by atoms with van der Waals surface area (Å²) in [6.07, 6.45) is 8.71. The molecule has 1 N–H and O–H groups in total. The number of hydrogen-bond acceptors (Lipinski definition) is 5. The molecular formula is C21H23N3O3. The third-order valence-electron chi connectivity index (χ3n) is 5.04. The summed E-state index contributed by atoms with van der Waals surface area (Å²) in [5, 5.41) is 7.02. The first-order valence-corrected chi connectivity index (χ1v) is 9.52. The lowest BCUT2D eigenvalue weighted by molar-refractivity contribution is -0.117. The molecule has 0 unspecified atom stereocenters. The number of hydrogen-bond donors (Lipinski definition) is 1. The molecule has 0 bridgehead atoms. The van der Waals surface area contributed by atoms with E-state index in [0.29, 0.717) is 36.2 Å². The van der Waals surface area contributed by atoms with Crippen LogP contribution in [0.4, 0.5) is 5.69 Å². The second-order valence-electron chi connectivity index (χ2n) is 7.08. The fourth-order valence-corrected chi connectivity index (χ4v) is 3.65. The van der Waals surface area contributed by atoms with E-state index in [1.165, 1.54) is 19.3 Å². The maximum absolute atomic E-state index is 12.5. The predicted octanol–water partition coefficient (Wildman–Crippen LogP) is 4.83. The molecule has 1 aliphatic carbocycles. The van der Waals surface area contributed by atoms with Crippen molar-refractivity contribution in [2.24, 2.45) is 5.92 Å². The van der Waals surface area contributed by atoms with Crippen molar-refractivity contribution in [3.05, 3.63) is 54.1 Å². The lowest BCUT2D eigenvalue weighted by Crippen LogP contribution is -2.19. The third-order valence-corrected chi connectivity index (χ3v) is 5.04. The van der Waals surface area contributed by atoms with Crippen molar-refractivity contribution in [3.8, 4) is 11.6 Å². The van der Waals surface area contributed by atoms with Crippen molar-refractivity contribution in [2.45, 2.75) is 44.9 Å². The molecule has 4 rings (SSSR count). The average Bonchev–Trinajstić information content (AvgIpc) is 3.36. The van der Waals surface area contributed by atoms with Gasteiger partial charge in [0, 0.05) is 12.1 Å². The molecule has 2 heterocycles. The summed E-state index contributed by atoms with van der Waals surface area (Å²) in [5.74, 6) is 2.07. The summed E-state index contributed by atoms with van der Waals surface area (Å²) < 4.78 is 10.6. The van der Waals surface area contributed by atoms with Crippen LogP contribution in [0.1, 0.15) is 50.0 Å². The molecule has 140 valence electrons. The number of carbonyl (C=O) groups is 1. The van der Waals surface area contributed by atoms with Gasteiger partial charge in [-0.3, -0.25) is 4.79 Å². The fraction of sp³-hybridized carbons (Fsp3) is 0.381. The van der Waals surface area contributed by atoms with Crippen molar-refractivity contribution in [3.63, 3.8) is 0 Å². The second-order valence-corrected chi connectivity index (χ2v) is 7.08. The van der Waals surface area contributed by atoms with E-state index in [-0.39, 0.29) is 5.91 Å². The number of aromatic nitrogens is 2. The molecule has 0 atom stereocenters. The molecular weight excluding hydrogens is 342 g/mol. The first-order valence-electron chi connectivity index (χ1n) is 9.52. The van der Waals surface area contributed by atoms with Gasteiger partial charge in [0.05, 0.1) is 12.7 Å². The van der Waals surface area contributed by atoms with Crippen LogP contribution in [-0.2, 0) is 11.2 Å². The first kappa shape index (κ1) is 17.5. The highest BCUT2D eigenvalue weighted by atomic mass is 16.5. The second kappa shape index (κ2) is 8.20. The maximum Gasteiger partial charge on any atom is 0.238 e. The van der Waals surface area contributed by atoms with Crippen molar-refractivity contribution in [1.29, 1.82) is 0 Å². The van der Waals surface area contributed by atoms with Crippen LogP contribution in [0.25, 0.3) is 11.6 Å². The number of furan rings is 1. The van der Waals surface area contributed by atoms with E-state index < -0.39 is 0 Å². The minimum atomic E-state index is 0.0798. The number of carbonyl (C=O) groups excluding carboxylic acids is 1. The zero-order valence-electron chi connectivity index (χ0n) is 15.2. The van der Waals surface area contributed by atoms with Gasteiger partial charge in [-0.2, -0.15) is 4.98 Å². The molecule has 0 saturated heterocycles. The highest BCUT2D eigenvalue weighted by Gasteiger charge is 2.18. The topological polar surface area (TPSA) is 81.2 Å². The van der Waals surface area contributed by atoms with Gasteiger partial charge < -0.3 is 14.3 Å². The van der Waals surface area contributed by atoms with E-state index >= 15 is 0 Å². The van der Waals surface area contributed by atoms with Gasteiger partial charge in [0.1, 0.15) is 0 Å². The lowest BCUT2D eigenvalue weighted by Gasteiger charge is -2.21. The van der Waals surface area contributed by atoms with E-state index in [1.54, 1.807) is 18.4 Å². The van der Waals surface area contributed by atoms with E-state index in [9.17, 15) is 4.79 Å². The Kier molecular flexibility index (Phi) is 5.32. The first-order chi connectivity index (χ1) is 13.3. The minimum Gasteiger partial charge on any atom is -0.461 e. The van der Waals surface area contributed by atoms with Gasteiger partial charge >= 0.3 is 0 Å². The van der Waals surface area contributed by atoms with Gasteiger partial charge in [-0.15, -0.1) is 0 Å². The average molecular weight is 365 g/mol. The Morgan fingerprint density at radius 3 is 2.78 bits per heavy atom. The summed E-state index contributed by atoms with van der Waals surface area (Å²) in [7, 11) is 0. The molecule has 6 nitrogen and oxygen atoms in total. The van der Waals surface area contributed by atoms with E-state index in [0.717, 1.165) is 24.1 Å². The molecule has 1 amide bonds. The number of amides is 1. The minimum absolute atomic E-state index is 0.0798. The monoisotopic (exact) mass is 365 g/mol. The van der Waals surface area contributed by atoms with Gasteiger partial charge in [-0.25, -0.2) is 0 Å². The summed E-state index contributed by atoms with van der Waals surface area (Å²) >= 11 is 0. The number of rotatable bonds is 6. The standard InChI is InChI=1S/C21H23N3O3/c25-19(13-15-7-2-1-3-8-15)22-17-10-5-4-9-16(17)14-20-23-21(24-27-20)18-11-6-12-26-18/h4-6,9-12,15H,1-3,7-8,13-14H2,(H,22,25). The normalized spacial score (nSPS) is 15.0. The molecule has 0 aliphatic heterocycles. The molecule has 2 aromatic heterocycles. The molecule has 1 saturated carbocycles. The Morgan fingerprint density at radius 1 is 1.11 bits per heavy atom. The van der Waals surface area contributed by atoms with Crippen LogP contribution in [0.3, 0.4) is 0 Å². The van der Waals surface area contributed by atoms with E-state index in [1.807, 2.05) is 24.3 Å². The van der Waals surface area contributed by atoms with E-state index in [2.05, 4.69) is 15.5 Å². The zero-order chi connectivity index (χ0) is 18.5. The van der Waals surface area contributed by atoms with Crippen LogP contribution in [0, 0.1) is 5.92 Å². The van der Waals surface area contributed by atoms with Gasteiger partial charge in [0.15, 0.2) is 5.76 Å². The van der Waals surface area contributed by atoms with Crippen LogP contribution in [-0.4, -0.2) is 16.0 Å². The quantitative estimate of drug-likeness (QED) is 0.677. The fourth-order valence-electron chi connectivity index (χ4n) is 3.65. The summed E-state index contributed by atoms with van der Waals surface area (Å²) in [6.45, 7) is 0. The largest absolute Gasteiger partial charge is 0.461 e. The SMILES string of the molecule is O=C(CC1CCCCC1)Nc1ccccc1Cc1nc(-c2ccco2)no1. The Balaban J connectivity index is 1.42. The molecule has 0 radical (unpaired) electrons. The maximum atomic E-state index is 12.5. The zero-order valence-corrected chi connectivity index (χ0v) is 15.2. The van der Waals surface area contributed by atoms with Crippen LogP contribution in [0.2, 0.25) is 0 Å². The summed E-state index contributed by atoms with van der Waals surface area (Å²) in [4.78, 5) is 16.8. The Bertz CT molecular complexity index is 880. The van der Waals surface area contributed by atoms with Crippen LogP contribution in [0.5, 0.6) is 0 Å². The summed E-state index contributed by atoms with van der Waals surface area (Å²) in [6, 6.07) is 11.3. The number of nitrogens with one attached hydrogen (secondary N) is 1. The molecule has 27 heavy (non-hydrogen) atoms. The van der Waals surface area contributed by atoms with Crippen LogP contribution >= 0.6 is 0 Å². The Morgan fingerprint density at radius 2 is 1.96 bits per heavy atom. The molecule has 1 aromatic carbocycles. The van der Waals surface area contributed by atoms with Gasteiger partial charge in [-0.05, 0) is 42.5 Å². The van der Waals surface area contributed by atoms with Crippen LogP contribution < -0.4 is 5.32 Å². The van der Waals surface area contributed by atoms with Crippen molar-refractivity contribution in [1.82, 2.24) is 10.1 Å². The number of benzene rings is 1. The van der Waals surface area contributed by atoms with Gasteiger partial charge in [-0.1, -0.05) is 42.6 Å². The molecule has 0 spiro atoms. The van der Waals surface area contributed by atoms with Crippen molar-refractivity contribution < 1.29 is 13.7 Å². The molecule has 3 aromatic rings. The number of para-hydroxylation sites is 1. The highest BCUT2D eigenvalue weighted by molar-refractivity contribution is 5.91. The van der Waals surface area contributed by atoms with Crippen molar-refractivity contribution in [2.75, 3.05) is 5.32 Å². The van der Waals surface area contributed by atoms with Crippen molar-refractivity contribution >= 4 is 11.6 Å². The number of nitrogens with zero attached hydrogens (tertiary/aromatic N) is 2. The predicted molar refractivity (Wildman–Crippen MR) is 101 cm³/mol.